The molecule has 3 aromatic carbocycles. The monoisotopic (exact) mass is 577 g/mol. The third-order valence-electron chi connectivity index (χ3n) is 6.67. The maximum absolute atomic E-state index is 13.4. The fourth-order valence-corrected chi connectivity index (χ4v) is 6.69. The van der Waals surface area contributed by atoms with E-state index in [-0.39, 0.29) is 29.7 Å². The van der Waals surface area contributed by atoms with Crippen molar-refractivity contribution >= 4 is 30.8 Å². The van der Waals surface area contributed by atoms with E-state index in [0.29, 0.717) is 29.9 Å². The first-order valence-corrected chi connectivity index (χ1v) is 16.1. The lowest BCUT2D eigenvalue weighted by Gasteiger charge is -2.24. The summed E-state index contributed by atoms with van der Waals surface area (Å²) in [5, 5.41) is 5.67. The number of benzene rings is 3. The van der Waals surface area contributed by atoms with Gasteiger partial charge in [-0.3, -0.25) is 18.9 Å². The van der Waals surface area contributed by atoms with E-state index in [4.69, 9.17) is 0 Å². The molecule has 0 aromatic heterocycles. The molecule has 3 aromatic rings. The Bertz CT molecular complexity index is 1340. The topological polar surface area (TPSA) is 116 Å². The van der Waals surface area contributed by atoms with E-state index in [9.17, 15) is 23.8 Å². The zero-order valence-electron chi connectivity index (χ0n) is 24.0. The van der Waals surface area contributed by atoms with Crippen LogP contribution in [0.3, 0.4) is 0 Å². The Morgan fingerprint density at radius 2 is 1.41 bits per heavy atom. The van der Waals surface area contributed by atoms with Gasteiger partial charge >= 0.3 is 0 Å². The van der Waals surface area contributed by atoms with Crippen molar-refractivity contribution in [1.82, 2.24) is 10.2 Å². The summed E-state index contributed by atoms with van der Waals surface area (Å²) in [6.07, 6.45) is 1.18. The Morgan fingerprint density at radius 3 is 2.02 bits per heavy atom. The van der Waals surface area contributed by atoms with Crippen LogP contribution in [0.4, 0.5) is 5.69 Å². The van der Waals surface area contributed by atoms with Crippen molar-refractivity contribution < 1.29 is 23.8 Å². The van der Waals surface area contributed by atoms with E-state index < -0.39 is 25.2 Å². The third kappa shape index (κ3) is 9.69. The Hall–Kier alpha value is -3.74. The Kier molecular flexibility index (Phi) is 11.9. The minimum Gasteiger partial charge on any atom is -0.345 e. The molecule has 0 bridgehead atoms. The van der Waals surface area contributed by atoms with Crippen LogP contribution in [0.15, 0.2) is 84.9 Å². The molecule has 9 heteroatoms. The highest BCUT2D eigenvalue weighted by Crippen LogP contribution is 2.46. The van der Waals surface area contributed by atoms with Crippen LogP contribution in [0.1, 0.15) is 65.9 Å². The second kappa shape index (κ2) is 15.3. The summed E-state index contributed by atoms with van der Waals surface area (Å²) in [5.41, 5.74) is 1.98. The molecule has 0 aliphatic carbocycles. The van der Waals surface area contributed by atoms with Crippen LogP contribution in [0.2, 0.25) is 0 Å². The van der Waals surface area contributed by atoms with E-state index in [1.807, 2.05) is 26.0 Å². The summed E-state index contributed by atoms with van der Waals surface area (Å²) in [7, 11) is -3.87. The largest absolute Gasteiger partial charge is 0.345 e. The molecule has 0 saturated carbocycles. The molecule has 3 rings (SSSR count). The van der Waals surface area contributed by atoms with Crippen molar-refractivity contribution in [2.24, 2.45) is 5.92 Å². The van der Waals surface area contributed by atoms with Crippen LogP contribution < -0.4 is 10.6 Å². The van der Waals surface area contributed by atoms with Crippen LogP contribution >= 0.6 is 7.37 Å². The quantitative estimate of drug-likeness (QED) is 0.204. The zero-order chi connectivity index (χ0) is 29.8. The minimum atomic E-state index is -3.87. The molecule has 3 atom stereocenters. The highest BCUT2D eigenvalue weighted by molar-refractivity contribution is 7.58. The predicted octanol–water partition coefficient (Wildman–Crippen LogP) is 5.97. The van der Waals surface area contributed by atoms with Crippen LogP contribution in [0.25, 0.3) is 0 Å². The number of rotatable bonds is 14. The Morgan fingerprint density at radius 1 is 0.829 bits per heavy atom. The normalized spacial score (nSPS) is 13.9. The fraction of sp³-hybridized carbons (Fsp3) is 0.344. The van der Waals surface area contributed by atoms with Gasteiger partial charge in [0.2, 0.25) is 13.3 Å². The fourth-order valence-electron chi connectivity index (χ4n) is 4.65. The average molecular weight is 578 g/mol. The zero-order valence-corrected chi connectivity index (χ0v) is 24.8. The van der Waals surface area contributed by atoms with Crippen molar-refractivity contribution in [3.8, 4) is 0 Å². The maximum atomic E-state index is 13.4. The number of nitrogens with one attached hydrogen (secondary N) is 2. The molecule has 218 valence electrons. The molecule has 3 amide bonds. The lowest BCUT2D eigenvalue weighted by molar-refractivity contribution is -0.118. The lowest BCUT2D eigenvalue weighted by atomic mass is 10.1. The van der Waals surface area contributed by atoms with Crippen molar-refractivity contribution in [3.05, 3.63) is 102 Å². The maximum Gasteiger partial charge on any atom is 0.253 e. The summed E-state index contributed by atoms with van der Waals surface area (Å²) in [5.74, 6) is -1.67. The Balaban J connectivity index is 1.75. The minimum absolute atomic E-state index is 0.134. The molecule has 0 aliphatic rings. The van der Waals surface area contributed by atoms with Gasteiger partial charge in [-0.2, -0.15) is 0 Å². The molecule has 0 radical (unpaired) electrons. The van der Waals surface area contributed by atoms with Crippen LogP contribution in [0.5, 0.6) is 0 Å². The molecule has 0 heterocycles. The molecule has 41 heavy (non-hydrogen) atoms. The number of para-hydroxylation sites is 1. The molecule has 0 spiro atoms. The molecular formula is C32H40N3O5P. The molecule has 0 fully saturated rings. The predicted molar refractivity (Wildman–Crippen MR) is 163 cm³/mol. The van der Waals surface area contributed by atoms with Gasteiger partial charge in [0, 0.05) is 48.1 Å². The van der Waals surface area contributed by atoms with Gasteiger partial charge in [-0.05, 0) is 48.7 Å². The van der Waals surface area contributed by atoms with Crippen LogP contribution in [-0.4, -0.2) is 52.9 Å². The molecule has 0 saturated heterocycles. The van der Waals surface area contributed by atoms with Gasteiger partial charge in [0.15, 0.2) is 0 Å². The number of amides is 3. The van der Waals surface area contributed by atoms with E-state index in [0.717, 1.165) is 12.8 Å². The first kappa shape index (κ1) is 31.8. The van der Waals surface area contributed by atoms with Crippen molar-refractivity contribution in [2.75, 3.05) is 30.7 Å². The van der Waals surface area contributed by atoms with Crippen molar-refractivity contribution in [1.29, 1.82) is 0 Å². The van der Waals surface area contributed by atoms with Crippen LogP contribution in [0, 0.1) is 5.92 Å². The van der Waals surface area contributed by atoms with E-state index in [1.54, 1.807) is 84.6 Å². The summed E-state index contributed by atoms with van der Waals surface area (Å²) < 4.78 is 13.4. The van der Waals surface area contributed by atoms with Crippen LogP contribution in [-0.2, 0) is 9.36 Å². The molecule has 3 N–H and O–H groups in total. The van der Waals surface area contributed by atoms with Gasteiger partial charge in [-0.25, -0.2) is 0 Å². The van der Waals surface area contributed by atoms with Gasteiger partial charge in [0.25, 0.3) is 11.8 Å². The third-order valence-corrected chi connectivity index (χ3v) is 8.72. The number of anilines is 1. The SMILES string of the molecule is CCCN(CCC)C(=O)c1cccc(C(=O)N[C@H](CP(=O)(O)C[C@@H](C)C(=O)Nc2ccccc2)c2ccccc2)c1. The van der Waals surface area contributed by atoms with Gasteiger partial charge in [-0.1, -0.05) is 75.4 Å². The number of hydrogen-bond donors (Lipinski definition) is 3. The number of hydrogen-bond acceptors (Lipinski definition) is 4. The summed E-state index contributed by atoms with van der Waals surface area (Å²) in [4.78, 5) is 51.9. The first-order valence-electron chi connectivity index (χ1n) is 14.1. The lowest BCUT2D eigenvalue weighted by Crippen LogP contribution is -2.33. The second-order valence-corrected chi connectivity index (χ2v) is 12.7. The van der Waals surface area contributed by atoms with E-state index in [2.05, 4.69) is 10.6 Å². The first-order chi connectivity index (χ1) is 19.6. The van der Waals surface area contributed by atoms with Gasteiger partial charge in [0.05, 0.1) is 6.04 Å². The molecule has 1 unspecified atom stereocenters. The molecular weight excluding hydrogens is 537 g/mol. The average Bonchev–Trinajstić information content (AvgIpc) is 2.97. The Labute approximate surface area is 242 Å². The second-order valence-electron chi connectivity index (χ2n) is 10.3. The van der Waals surface area contributed by atoms with Gasteiger partial charge in [-0.15, -0.1) is 0 Å². The number of carbonyl (C=O) groups excluding carboxylic acids is 3. The van der Waals surface area contributed by atoms with E-state index >= 15 is 0 Å². The molecule has 8 nitrogen and oxygen atoms in total. The highest BCUT2D eigenvalue weighted by atomic mass is 31.2. The summed E-state index contributed by atoms with van der Waals surface area (Å²) >= 11 is 0. The highest BCUT2D eigenvalue weighted by Gasteiger charge is 2.31. The smallest absolute Gasteiger partial charge is 0.253 e. The number of nitrogens with zero attached hydrogens (tertiary/aromatic N) is 1. The van der Waals surface area contributed by atoms with Gasteiger partial charge < -0.3 is 20.4 Å². The summed E-state index contributed by atoms with van der Waals surface area (Å²) in [6, 6.07) is 23.7. The van der Waals surface area contributed by atoms with Gasteiger partial charge in [0.1, 0.15) is 0 Å². The van der Waals surface area contributed by atoms with Crippen molar-refractivity contribution in [2.45, 2.75) is 39.7 Å². The molecule has 0 aliphatic heterocycles. The van der Waals surface area contributed by atoms with Crippen molar-refractivity contribution in [3.63, 3.8) is 0 Å². The standard InChI is InChI=1S/C32H40N3O5P/c1-4-19-35(20-5-2)32(38)27-16-12-15-26(21-27)31(37)34-29(25-13-8-6-9-14-25)23-41(39,40)22-24(3)30(36)33-28-17-10-7-11-18-28/h6-18,21,24,29H,4-5,19-20,22-23H2,1-3H3,(H,33,36)(H,34,37)(H,39,40)/t24-,29-/m1/s1. The summed E-state index contributed by atoms with van der Waals surface area (Å²) in [6.45, 7) is 6.90. The van der Waals surface area contributed by atoms with E-state index in [1.165, 1.54) is 0 Å². The number of carbonyl (C=O) groups is 3.